The Bertz CT molecular complexity index is 868. The van der Waals surface area contributed by atoms with Gasteiger partial charge in [-0.25, -0.2) is 4.39 Å². The molecule has 3 rings (SSSR count). The van der Waals surface area contributed by atoms with Crippen LogP contribution < -0.4 is 10.5 Å². The number of hydrogen-bond acceptors (Lipinski definition) is 4. The summed E-state index contributed by atoms with van der Waals surface area (Å²) in [4.78, 5) is 9.29. The van der Waals surface area contributed by atoms with Gasteiger partial charge in [-0.15, -0.1) is 0 Å². The predicted octanol–water partition coefficient (Wildman–Crippen LogP) is 3.64. The number of aromatic nitrogens is 1. The first-order valence-corrected chi connectivity index (χ1v) is 8.03. The van der Waals surface area contributed by atoms with E-state index in [0.717, 1.165) is 11.1 Å². The smallest absolute Gasteiger partial charge is 0.170 e. The van der Waals surface area contributed by atoms with Crippen LogP contribution in [0.25, 0.3) is 0 Å². The van der Waals surface area contributed by atoms with E-state index in [2.05, 4.69) is 10.1 Å². The minimum absolute atomic E-state index is 0.207. The summed E-state index contributed by atoms with van der Waals surface area (Å²) < 4.78 is 18.6. The Morgan fingerprint density at radius 2 is 1.85 bits per heavy atom. The molecule has 3 aromatic rings. The van der Waals surface area contributed by atoms with Crippen molar-refractivity contribution >= 4 is 5.84 Å². The highest BCUT2D eigenvalue weighted by Gasteiger charge is 2.03. The SMILES string of the molecule is N/C(=N/OCc1ccc(F)cc1)c1cccc(OCc2cccnc2)c1. The lowest BCUT2D eigenvalue weighted by molar-refractivity contribution is 0.130. The van der Waals surface area contributed by atoms with Gasteiger partial charge in [0.25, 0.3) is 0 Å². The van der Waals surface area contributed by atoms with Crippen molar-refractivity contribution in [3.8, 4) is 5.75 Å². The summed E-state index contributed by atoms with van der Waals surface area (Å²) in [6.45, 7) is 0.619. The molecule has 0 fully saturated rings. The molecule has 0 unspecified atom stereocenters. The first kappa shape index (κ1) is 17.4. The van der Waals surface area contributed by atoms with E-state index in [-0.39, 0.29) is 18.3 Å². The molecule has 0 bridgehead atoms. The van der Waals surface area contributed by atoms with Crippen LogP contribution in [0.3, 0.4) is 0 Å². The molecular formula is C20H18FN3O2. The van der Waals surface area contributed by atoms with Gasteiger partial charge >= 0.3 is 0 Å². The van der Waals surface area contributed by atoms with Gasteiger partial charge in [0, 0.05) is 23.5 Å². The summed E-state index contributed by atoms with van der Waals surface area (Å²) in [6.07, 6.45) is 3.47. The largest absolute Gasteiger partial charge is 0.489 e. The van der Waals surface area contributed by atoms with Crippen LogP contribution in [0.1, 0.15) is 16.7 Å². The second-order valence-corrected chi connectivity index (χ2v) is 5.55. The zero-order chi connectivity index (χ0) is 18.2. The van der Waals surface area contributed by atoms with E-state index in [9.17, 15) is 4.39 Å². The van der Waals surface area contributed by atoms with E-state index >= 15 is 0 Å². The summed E-state index contributed by atoms with van der Waals surface area (Å²) in [5, 5.41) is 3.91. The molecule has 0 spiro atoms. The topological polar surface area (TPSA) is 69.7 Å². The molecule has 0 aliphatic rings. The minimum atomic E-state index is -0.292. The van der Waals surface area contributed by atoms with Crippen LogP contribution in [0.15, 0.2) is 78.2 Å². The predicted molar refractivity (Wildman–Crippen MR) is 96.9 cm³/mol. The van der Waals surface area contributed by atoms with Crippen molar-refractivity contribution in [2.75, 3.05) is 0 Å². The van der Waals surface area contributed by atoms with Crippen LogP contribution in [0.5, 0.6) is 5.75 Å². The van der Waals surface area contributed by atoms with E-state index in [1.165, 1.54) is 12.1 Å². The van der Waals surface area contributed by atoms with Gasteiger partial charge in [-0.05, 0) is 35.9 Å². The van der Waals surface area contributed by atoms with Crippen LogP contribution in [0, 0.1) is 5.82 Å². The molecule has 5 nitrogen and oxygen atoms in total. The quantitative estimate of drug-likeness (QED) is 0.401. The van der Waals surface area contributed by atoms with Gasteiger partial charge < -0.3 is 15.3 Å². The summed E-state index contributed by atoms with van der Waals surface area (Å²) >= 11 is 0. The molecule has 0 radical (unpaired) electrons. The summed E-state index contributed by atoms with van der Waals surface area (Å²) in [6, 6.07) is 17.1. The molecule has 2 N–H and O–H groups in total. The van der Waals surface area contributed by atoms with Crippen molar-refractivity contribution in [3.05, 3.63) is 95.6 Å². The number of benzene rings is 2. The second kappa shape index (κ2) is 8.62. The fraction of sp³-hybridized carbons (Fsp3) is 0.100. The summed E-state index contributed by atoms with van der Waals surface area (Å²) in [5.41, 5.74) is 8.42. The number of amidine groups is 1. The highest BCUT2D eigenvalue weighted by Crippen LogP contribution is 2.15. The van der Waals surface area contributed by atoms with E-state index in [1.54, 1.807) is 30.6 Å². The summed E-state index contributed by atoms with van der Waals surface area (Å²) in [7, 11) is 0. The van der Waals surface area contributed by atoms with Gasteiger partial charge in [-0.1, -0.05) is 35.5 Å². The number of halogens is 1. The highest BCUT2D eigenvalue weighted by molar-refractivity contribution is 5.97. The number of oxime groups is 1. The van der Waals surface area contributed by atoms with Crippen LogP contribution in [0.4, 0.5) is 4.39 Å². The zero-order valence-electron chi connectivity index (χ0n) is 14.0. The van der Waals surface area contributed by atoms with Crippen LogP contribution >= 0.6 is 0 Å². The molecule has 6 heteroatoms. The number of nitrogens with zero attached hydrogens (tertiary/aromatic N) is 2. The maximum atomic E-state index is 12.9. The molecule has 2 aromatic carbocycles. The maximum absolute atomic E-state index is 12.9. The normalized spacial score (nSPS) is 11.2. The molecular weight excluding hydrogens is 333 g/mol. The number of ether oxygens (including phenoxy) is 1. The van der Waals surface area contributed by atoms with Crippen LogP contribution in [-0.4, -0.2) is 10.8 Å². The Hall–Kier alpha value is -3.41. The number of nitrogens with two attached hydrogens (primary N) is 1. The first-order valence-electron chi connectivity index (χ1n) is 8.03. The Labute approximate surface area is 150 Å². The van der Waals surface area contributed by atoms with E-state index in [4.69, 9.17) is 15.3 Å². The van der Waals surface area contributed by atoms with Crippen molar-refractivity contribution in [1.29, 1.82) is 0 Å². The second-order valence-electron chi connectivity index (χ2n) is 5.55. The Morgan fingerprint density at radius 1 is 1.00 bits per heavy atom. The molecule has 0 aliphatic carbocycles. The molecule has 0 atom stereocenters. The van der Waals surface area contributed by atoms with Crippen molar-refractivity contribution in [3.63, 3.8) is 0 Å². The lowest BCUT2D eigenvalue weighted by Gasteiger charge is -2.08. The Balaban J connectivity index is 1.58. The van der Waals surface area contributed by atoms with Crippen molar-refractivity contribution in [2.45, 2.75) is 13.2 Å². The Kier molecular flexibility index (Phi) is 5.77. The fourth-order valence-electron chi connectivity index (χ4n) is 2.21. The van der Waals surface area contributed by atoms with Crippen LogP contribution in [-0.2, 0) is 18.1 Å². The van der Waals surface area contributed by atoms with E-state index in [0.29, 0.717) is 17.9 Å². The van der Waals surface area contributed by atoms with Crippen LogP contribution in [0.2, 0.25) is 0 Å². The standard InChI is InChI=1S/C20H18FN3O2/c21-18-8-6-15(7-9-18)14-26-24-20(22)17-4-1-5-19(11-17)25-13-16-3-2-10-23-12-16/h1-12H,13-14H2,(H2,22,24). The Morgan fingerprint density at radius 3 is 2.62 bits per heavy atom. The third kappa shape index (κ3) is 5.04. The molecule has 1 aromatic heterocycles. The average Bonchev–Trinajstić information content (AvgIpc) is 2.69. The molecule has 1 heterocycles. The van der Waals surface area contributed by atoms with Gasteiger partial charge in [0.2, 0.25) is 0 Å². The highest BCUT2D eigenvalue weighted by atomic mass is 19.1. The van der Waals surface area contributed by atoms with Crippen molar-refractivity contribution in [1.82, 2.24) is 4.98 Å². The molecule has 0 aliphatic heterocycles. The number of pyridine rings is 1. The zero-order valence-corrected chi connectivity index (χ0v) is 14.0. The average molecular weight is 351 g/mol. The number of rotatable bonds is 7. The first-order chi connectivity index (χ1) is 12.7. The van der Waals surface area contributed by atoms with Gasteiger partial charge in [0.05, 0.1) is 0 Å². The van der Waals surface area contributed by atoms with Gasteiger partial charge in [-0.3, -0.25) is 4.98 Å². The van der Waals surface area contributed by atoms with E-state index < -0.39 is 0 Å². The van der Waals surface area contributed by atoms with Crippen molar-refractivity contribution < 1.29 is 14.0 Å². The van der Waals surface area contributed by atoms with Gasteiger partial charge in [-0.2, -0.15) is 0 Å². The lowest BCUT2D eigenvalue weighted by atomic mass is 10.2. The number of hydrogen-bond donors (Lipinski definition) is 1. The van der Waals surface area contributed by atoms with E-state index in [1.807, 2.05) is 30.3 Å². The molecule has 0 amide bonds. The molecule has 132 valence electrons. The minimum Gasteiger partial charge on any atom is -0.489 e. The third-order valence-corrected chi connectivity index (χ3v) is 3.57. The monoisotopic (exact) mass is 351 g/mol. The maximum Gasteiger partial charge on any atom is 0.170 e. The molecule has 0 saturated carbocycles. The summed E-state index contributed by atoms with van der Waals surface area (Å²) in [5.74, 6) is 0.613. The van der Waals surface area contributed by atoms with Crippen molar-refractivity contribution in [2.24, 2.45) is 10.9 Å². The van der Waals surface area contributed by atoms with Gasteiger partial charge in [0.15, 0.2) is 5.84 Å². The molecule has 0 saturated heterocycles. The fourth-order valence-corrected chi connectivity index (χ4v) is 2.21. The molecule has 26 heavy (non-hydrogen) atoms. The lowest BCUT2D eigenvalue weighted by Crippen LogP contribution is -2.14. The van der Waals surface area contributed by atoms with Gasteiger partial charge in [0.1, 0.15) is 24.8 Å². The third-order valence-electron chi connectivity index (χ3n) is 3.57.